The van der Waals surface area contributed by atoms with Crippen LogP contribution in [0.15, 0.2) is 122 Å². The number of carbonyl (C=O) groups excluding carboxylic acids is 3. The monoisotopic (exact) mass is 885 g/mol. The van der Waals surface area contributed by atoms with Crippen molar-refractivity contribution in [1.82, 2.24) is 0 Å². The fourth-order valence-electron chi connectivity index (χ4n) is 6.34. The predicted octanol–water partition coefficient (Wildman–Crippen LogP) is 16.9. The van der Waals surface area contributed by atoms with Gasteiger partial charge < -0.3 is 14.2 Å². The van der Waals surface area contributed by atoms with E-state index in [-0.39, 0.29) is 44.0 Å². The normalized spacial score (nSPS) is 13.1. The summed E-state index contributed by atoms with van der Waals surface area (Å²) in [5.41, 5.74) is 0. The molecule has 0 amide bonds. The van der Waals surface area contributed by atoms with Gasteiger partial charge >= 0.3 is 17.9 Å². The van der Waals surface area contributed by atoms with Crippen molar-refractivity contribution in [2.75, 3.05) is 13.2 Å². The van der Waals surface area contributed by atoms with Crippen LogP contribution in [0.1, 0.15) is 207 Å². The molecule has 0 rings (SSSR count). The molecule has 64 heavy (non-hydrogen) atoms. The third-order valence-electron chi connectivity index (χ3n) is 10.2. The molecule has 0 aromatic rings. The molecule has 0 fully saturated rings. The van der Waals surface area contributed by atoms with E-state index < -0.39 is 6.10 Å². The van der Waals surface area contributed by atoms with Crippen LogP contribution in [0.3, 0.4) is 0 Å². The van der Waals surface area contributed by atoms with Crippen molar-refractivity contribution in [1.29, 1.82) is 0 Å². The molecule has 0 aromatic carbocycles. The van der Waals surface area contributed by atoms with Crippen molar-refractivity contribution in [3.05, 3.63) is 122 Å². The van der Waals surface area contributed by atoms with Crippen LogP contribution in [0.25, 0.3) is 0 Å². The molecule has 360 valence electrons. The number of hydrogen-bond acceptors (Lipinski definition) is 6. The lowest BCUT2D eigenvalue weighted by Crippen LogP contribution is -2.30. The average molecular weight is 885 g/mol. The number of carbonyl (C=O) groups is 3. The summed E-state index contributed by atoms with van der Waals surface area (Å²) in [5.74, 6) is -1.06. The maximum Gasteiger partial charge on any atom is 0.306 e. The van der Waals surface area contributed by atoms with E-state index in [0.717, 1.165) is 96.3 Å². The minimum Gasteiger partial charge on any atom is -0.462 e. The smallest absolute Gasteiger partial charge is 0.306 e. The Kier molecular flexibility index (Phi) is 48.1. The summed E-state index contributed by atoms with van der Waals surface area (Å²) in [6.45, 7) is 6.34. The van der Waals surface area contributed by atoms with Crippen LogP contribution in [0.2, 0.25) is 0 Å². The van der Waals surface area contributed by atoms with Crippen molar-refractivity contribution >= 4 is 17.9 Å². The number of unbranched alkanes of at least 4 members (excludes halogenated alkanes) is 13. The first kappa shape index (κ1) is 59.8. The highest BCUT2D eigenvalue weighted by molar-refractivity contribution is 5.71. The van der Waals surface area contributed by atoms with Gasteiger partial charge in [0.05, 0.1) is 0 Å². The van der Waals surface area contributed by atoms with Crippen LogP contribution in [0.4, 0.5) is 0 Å². The standard InChI is InChI=1S/C58H92O6/c1-4-7-10-13-16-19-22-25-27-29-31-33-36-39-42-45-48-51-57(60)63-54-55(53-62-56(59)50-47-44-41-38-35-24-21-18-15-12-9-6-3)64-58(61)52-49-46-43-40-37-34-32-30-28-26-23-20-17-14-11-8-5-2/h7,10,16-21,25-28,31-34,39-40,42-43,55H,4-6,8-9,11-15,22-24,29-30,35-38,41,44-54H2,1-3H3/b10-7-,19-16-,20-17-,21-18-,27-25-,28-26-,33-31-,34-32-,42-39-,43-40-. The van der Waals surface area contributed by atoms with Crippen LogP contribution in [0.5, 0.6) is 0 Å². The molecular weight excluding hydrogens is 793 g/mol. The lowest BCUT2D eigenvalue weighted by atomic mass is 10.1. The fraction of sp³-hybridized carbons (Fsp3) is 0.603. The minimum absolute atomic E-state index is 0.125. The Bertz CT molecular complexity index is 1390. The zero-order valence-electron chi connectivity index (χ0n) is 41.0. The van der Waals surface area contributed by atoms with Gasteiger partial charge in [-0.1, -0.05) is 187 Å². The van der Waals surface area contributed by atoms with E-state index in [9.17, 15) is 14.4 Å². The van der Waals surface area contributed by atoms with Gasteiger partial charge in [0.1, 0.15) is 13.2 Å². The molecule has 0 N–H and O–H groups in total. The molecule has 0 aliphatic rings. The van der Waals surface area contributed by atoms with E-state index in [2.05, 4.69) is 142 Å². The van der Waals surface area contributed by atoms with Crippen molar-refractivity contribution in [2.24, 2.45) is 0 Å². The van der Waals surface area contributed by atoms with Gasteiger partial charge in [0.15, 0.2) is 6.10 Å². The number of rotatable bonds is 44. The SMILES string of the molecule is CC/C=C\C/C=C\C/C=C\C/C=C\C/C=C\CCCC(=O)OCC(COC(=O)CCCCCCC/C=C\CCCCC)OC(=O)CCC/C=C\C/C=C\C/C=C\C/C=C\CCCCC. The third-order valence-corrected chi connectivity index (χ3v) is 10.2. The molecule has 1 atom stereocenters. The first-order valence-corrected chi connectivity index (χ1v) is 25.5. The predicted molar refractivity (Wildman–Crippen MR) is 274 cm³/mol. The molecular formula is C58H92O6. The van der Waals surface area contributed by atoms with Crippen molar-refractivity contribution in [3.8, 4) is 0 Å². The van der Waals surface area contributed by atoms with Crippen molar-refractivity contribution < 1.29 is 28.6 Å². The zero-order valence-corrected chi connectivity index (χ0v) is 41.0. The zero-order chi connectivity index (χ0) is 46.5. The molecule has 0 aliphatic carbocycles. The highest BCUT2D eigenvalue weighted by Gasteiger charge is 2.19. The molecule has 6 heteroatoms. The average Bonchev–Trinajstić information content (AvgIpc) is 3.29. The first-order chi connectivity index (χ1) is 31.5. The highest BCUT2D eigenvalue weighted by Crippen LogP contribution is 2.11. The number of esters is 3. The van der Waals surface area contributed by atoms with E-state index in [1.165, 1.54) is 57.8 Å². The van der Waals surface area contributed by atoms with Gasteiger partial charge in [0, 0.05) is 19.3 Å². The van der Waals surface area contributed by atoms with E-state index in [1.54, 1.807) is 0 Å². The largest absolute Gasteiger partial charge is 0.462 e. The Morgan fingerprint density at radius 2 is 0.625 bits per heavy atom. The maximum absolute atomic E-state index is 12.8. The summed E-state index contributed by atoms with van der Waals surface area (Å²) in [7, 11) is 0. The minimum atomic E-state index is -0.835. The van der Waals surface area contributed by atoms with E-state index in [1.807, 2.05) is 0 Å². The van der Waals surface area contributed by atoms with Gasteiger partial charge in [-0.15, -0.1) is 0 Å². The van der Waals surface area contributed by atoms with Gasteiger partial charge in [-0.3, -0.25) is 14.4 Å². The topological polar surface area (TPSA) is 78.9 Å². The molecule has 0 heterocycles. The lowest BCUT2D eigenvalue weighted by Gasteiger charge is -2.18. The molecule has 0 aromatic heterocycles. The van der Waals surface area contributed by atoms with Gasteiger partial charge in [-0.05, 0) is 122 Å². The van der Waals surface area contributed by atoms with Crippen molar-refractivity contribution in [2.45, 2.75) is 213 Å². The molecule has 1 unspecified atom stereocenters. The summed E-state index contributed by atoms with van der Waals surface area (Å²) in [6.07, 6.45) is 70.5. The Hall–Kier alpha value is -4.19. The van der Waals surface area contributed by atoms with Gasteiger partial charge in [0.25, 0.3) is 0 Å². The molecule has 0 saturated heterocycles. The van der Waals surface area contributed by atoms with E-state index >= 15 is 0 Å². The van der Waals surface area contributed by atoms with Crippen LogP contribution >= 0.6 is 0 Å². The highest BCUT2D eigenvalue weighted by atomic mass is 16.6. The van der Waals surface area contributed by atoms with Gasteiger partial charge in [0.2, 0.25) is 0 Å². The van der Waals surface area contributed by atoms with Gasteiger partial charge in [-0.25, -0.2) is 0 Å². The summed E-state index contributed by atoms with van der Waals surface area (Å²) >= 11 is 0. The van der Waals surface area contributed by atoms with Crippen LogP contribution in [0, 0.1) is 0 Å². The Labute approximate surface area is 392 Å². The Morgan fingerprint density at radius 1 is 0.328 bits per heavy atom. The summed E-state index contributed by atoms with van der Waals surface area (Å²) in [4.78, 5) is 37.9. The third kappa shape index (κ3) is 48.8. The number of hydrogen-bond donors (Lipinski definition) is 0. The quantitative estimate of drug-likeness (QED) is 0.0262. The molecule has 0 aliphatic heterocycles. The fourth-order valence-corrected chi connectivity index (χ4v) is 6.34. The van der Waals surface area contributed by atoms with E-state index in [0.29, 0.717) is 19.3 Å². The Morgan fingerprint density at radius 3 is 1.03 bits per heavy atom. The lowest BCUT2D eigenvalue weighted by molar-refractivity contribution is -0.167. The van der Waals surface area contributed by atoms with Crippen LogP contribution in [-0.2, 0) is 28.6 Å². The van der Waals surface area contributed by atoms with Crippen LogP contribution in [-0.4, -0.2) is 37.2 Å². The molecule has 6 nitrogen and oxygen atoms in total. The second kappa shape index (κ2) is 51.4. The Balaban J connectivity index is 4.60. The molecule has 0 radical (unpaired) electrons. The number of allylic oxidation sites excluding steroid dienone is 20. The van der Waals surface area contributed by atoms with Gasteiger partial charge in [-0.2, -0.15) is 0 Å². The van der Waals surface area contributed by atoms with Crippen molar-refractivity contribution in [3.63, 3.8) is 0 Å². The molecule has 0 spiro atoms. The first-order valence-electron chi connectivity index (χ1n) is 25.5. The summed E-state index contributed by atoms with van der Waals surface area (Å²) in [5, 5.41) is 0. The summed E-state index contributed by atoms with van der Waals surface area (Å²) < 4.78 is 16.7. The van der Waals surface area contributed by atoms with Crippen LogP contribution < -0.4 is 0 Å². The van der Waals surface area contributed by atoms with E-state index in [4.69, 9.17) is 14.2 Å². The maximum atomic E-state index is 12.8. The number of ether oxygens (including phenoxy) is 3. The molecule has 0 bridgehead atoms. The second-order valence-corrected chi connectivity index (χ2v) is 16.3. The molecule has 0 saturated carbocycles. The second-order valence-electron chi connectivity index (χ2n) is 16.3. The summed E-state index contributed by atoms with van der Waals surface area (Å²) in [6, 6.07) is 0.